The highest BCUT2D eigenvalue weighted by Crippen LogP contribution is 2.32. The molecule has 3 rings (SSSR count). The van der Waals surface area contributed by atoms with Gasteiger partial charge in [0.05, 0.1) is 19.6 Å². The third-order valence-corrected chi connectivity index (χ3v) is 4.28. The number of fused-ring (bicyclic) bond motifs is 1. The fourth-order valence-corrected chi connectivity index (χ4v) is 2.86. The van der Waals surface area contributed by atoms with Gasteiger partial charge in [-0.1, -0.05) is 18.2 Å². The number of aryl methyl sites for hydroxylation is 1. The predicted octanol–water partition coefficient (Wildman–Crippen LogP) is 3.19. The van der Waals surface area contributed by atoms with Crippen molar-refractivity contribution in [3.63, 3.8) is 0 Å². The smallest absolute Gasteiger partial charge is 0.224 e. The lowest BCUT2D eigenvalue weighted by molar-refractivity contribution is -0.121. The molecule has 0 saturated carbocycles. The Hall–Kier alpha value is -2.69. The van der Waals surface area contributed by atoms with Gasteiger partial charge in [0.2, 0.25) is 5.91 Å². The number of benzene rings is 2. The lowest BCUT2D eigenvalue weighted by Gasteiger charge is -2.21. The Morgan fingerprint density at radius 1 is 1.16 bits per heavy atom. The molecule has 5 heteroatoms. The molecule has 1 atom stereocenters. The molecule has 5 nitrogen and oxygen atoms in total. The van der Waals surface area contributed by atoms with E-state index >= 15 is 0 Å². The van der Waals surface area contributed by atoms with Crippen LogP contribution in [0.3, 0.4) is 0 Å². The average Bonchev–Trinajstić information content (AvgIpc) is 2.62. The van der Waals surface area contributed by atoms with Gasteiger partial charge >= 0.3 is 0 Å². The summed E-state index contributed by atoms with van der Waals surface area (Å²) >= 11 is 0. The molecule has 1 aliphatic heterocycles. The fourth-order valence-electron chi connectivity index (χ4n) is 2.86. The van der Waals surface area contributed by atoms with Crippen molar-refractivity contribution < 1.29 is 19.0 Å². The number of nitrogens with one attached hydrogen (secondary N) is 1. The second-order valence-electron chi connectivity index (χ2n) is 6.17. The van der Waals surface area contributed by atoms with Gasteiger partial charge in [0.25, 0.3) is 0 Å². The molecule has 0 aliphatic carbocycles. The summed E-state index contributed by atoms with van der Waals surface area (Å²) in [7, 11) is 1.64. The Morgan fingerprint density at radius 3 is 2.68 bits per heavy atom. The molecule has 0 saturated heterocycles. The summed E-state index contributed by atoms with van der Waals surface area (Å²) in [6.07, 6.45) is 0.311. The van der Waals surface area contributed by atoms with Crippen molar-refractivity contribution in [1.29, 1.82) is 0 Å². The number of carbonyl (C=O) groups is 1. The van der Waals surface area contributed by atoms with E-state index in [1.54, 1.807) is 7.11 Å². The quantitative estimate of drug-likeness (QED) is 0.907. The number of methoxy groups -OCH3 is 1. The SMILES string of the molecule is COc1cc(CC(=O)N[C@H](C)c2ccc3c(c2)OCCO3)ccc1C. The predicted molar refractivity (Wildman–Crippen MR) is 95.4 cm³/mol. The topological polar surface area (TPSA) is 56.8 Å². The molecule has 1 heterocycles. The molecule has 0 bridgehead atoms. The molecule has 0 fully saturated rings. The third-order valence-electron chi connectivity index (χ3n) is 4.28. The monoisotopic (exact) mass is 341 g/mol. The van der Waals surface area contributed by atoms with Gasteiger partial charge < -0.3 is 19.5 Å². The van der Waals surface area contributed by atoms with E-state index in [2.05, 4.69) is 5.32 Å². The lowest BCUT2D eigenvalue weighted by atomic mass is 10.1. The molecule has 0 spiro atoms. The molecule has 1 aliphatic rings. The van der Waals surface area contributed by atoms with E-state index in [4.69, 9.17) is 14.2 Å². The Labute approximate surface area is 147 Å². The average molecular weight is 341 g/mol. The second-order valence-corrected chi connectivity index (χ2v) is 6.17. The van der Waals surface area contributed by atoms with Crippen molar-refractivity contribution in [2.45, 2.75) is 26.3 Å². The van der Waals surface area contributed by atoms with E-state index in [1.165, 1.54) is 0 Å². The number of amides is 1. The molecular weight excluding hydrogens is 318 g/mol. The Kier molecular flexibility index (Phi) is 5.12. The first-order valence-corrected chi connectivity index (χ1v) is 8.39. The maximum Gasteiger partial charge on any atom is 0.224 e. The molecule has 0 aromatic heterocycles. The van der Waals surface area contributed by atoms with E-state index in [1.807, 2.05) is 50.2 Å². The van der Waals surface area contributed by atoms with Crippen LogP contribution in [-0.4, -0.2) is 26.2 Å². The van der Waals surface area contributed by atoms with E-state index < -0.39 is 0 Å². The highest BCUT2D eigenvalue weighted by Gasteiger charge is 2.16. The van der Waals surface area contributed by atoms with Gasteiger partial charge in [0.1, 0.15) is 19.0 Å². The summed E-state index contributed by atoms with van der Waals surface area (Å²) in [5, 5.41) is 3.03. The zero-order valence-corrected chi connectivity index (χ0v) is 14.8. The van der Waals surface area contributed by atoms with Gasteiger partial charge in [-0.25, -0.2) is 0 Å². The van der Waals surface area contributed by atoms with Gasteiger partial charge in [-0.05, 0) is 48.7 Å². The van der Waals surface area contributed by atoms with Crippen LogP contribution in [-0.2, 0) is 11.2 Å². The van der Waals surface area contributed by atoms with Crippen LogP contribution < -0.4 is 19.5 Å². The Balaban J connectivity index is 1.64. The summed E-state index contributed by atoms with van der Waals surface area (Å²) in [5.74, 6) is 2.24. The minimum Gasteiger partial charge on any atom is -0.496 e. The van der Waals surface area contributed by atoms with Crippen LogP contribution in [0, 0.1) is 6.92 Å². The summed E-state index contributed by atoms with van der Waals surface area (Å²) in [6, 6.07) is 11.5. The molecular formula is C20H23NO4. The molecule has 2 aromatic carbocycles. The molecule has 1 amide bonds. The van der Waals surface area contributed by atoms with Crippen LogP contribution in [0.4, 0.5) is 0 Å². The van der Waals surface area contributed by atoms with Crippen LogP contribution in [0.25, 0.3) is 0 Å². The fraction of sp³-hybridized carbons (Fsp3) is 0.350. The molecule has 132 valence electrons. The highest BCUT2D eigenvalue weighted by atomic mass is 16.6. The summed E-state index contributed by atoms with van der Waals surface area (Å²) in [6.45, 7) is 5.05. The minimum atomic E-state index is -0.115. The Morgan fingerprint density at radius 2 is 1.92 bits per heavy atom. The van der Waals surface area contributed by atoms with Gasteiger partial charge in [0.15, 0.2) is 11.5 Å². The molecule has 0 radical (unpaired) electrons. The second kappa shape index (κ2) is 7.47. The maximum atomic E-state index is 12.4. The molecule has 0 unspecified atom stereocenters. The minimum absolute atomic E-state index is 0.0340. The van der Waals surface area contributed by atoms with Crippen LogP contribution in [0.1, 0.15) is 29.7 Å². The molecule has 25 heavy (non-hydrogen) atoms. The van der Waals surface area contributed by atoms with Crippen LogP contribution in [0.2, 0.25) is 0 Å². The van der Waals surface area contributed by atoms with E-state index in [0.29, 0.717) is 19.6 Å². The highest BCUT2D eigenvalue weighted by molar-refractivity contribution is 5.79. The number of hydrogen-bond acceptors (Lipinski definition) is 4. The van der Waals surface area contributed by atoms with Gasteiger partial charge in [-0.15, -0.1) is 0 Å². The number of hydrogen-bond donors (Lipinski definition) is 1. The number of ether oxygens (including phenoxy) is 3. The normalized spacial score (nSPS) is 13.9. The molecule has 1 N–H and O–H groups in total. The van der Waals surface area contributed by atoms with Crippen molar-refractivity contribution in [2.24, 2.45) is 0 Å². The first-order chi connectivity index (χ1) is 12.1. The molecule has 2 aromatic rings. The summed E-state index contributed by atoms with van der Waals surface area (Å²) < 4.78 is 16.4. The Bertz CT molecular complexity index is 772. The van der Waals surface area contributed by atoms with Crippen molar-refractivity contribution >= 4 is 5.91 Å². The lowest BCUT2D eigenvalue weighted by Crippen LogP contribution is -2.28. The standard InChI is InChI=1S/C20H23NO4/c1-13-4-5-15(10-18(13)23-3)11-20(22)21-14(2)16-6-7-17-19(12-16)25-9-8-24-17/h4-7,10,12,14H,8-9,11H2,1-3H3,(H,21,22)/t14-/m1/s1. The summed E-state index contributed by atoms with van der Waals surface area (Å²) in [5.41, 5.74) is 2.96. The van der Waals surface area contributed by atoms with E-state index in [9.17, 15) is 4.79 Å². The zero-order chi connectivity index (χ0) is 17.8. The van der Waals surface area contributed by atoms with Gasteiger partial charge in [-0.2, -0.15) is 0 Å². The van der Waals surface area contributed by atoms with E-state index in [0.717, 1.165) is 33.9 Å². The van der Waals surface area contributed by atoms with Gasteiger partial charge in [0, 0.05) is 0 Å². The van der Waals surface area contributed by atoms with Crippen molar-refractivity contribution in [1.82, 2.24) is 5.32 Å². The largest absolute Gasteiger partial charge is 0.496 e. The summed E-state index contributed by atoms with van der Waals surface area (Å²) in [4.78, 5) is 12.4. The van der Waals surface area contributed by atoms with E-state index in [-0.39, 0.29) is 11.9 Å². The van der Waals surface area contributed by atoms with Crippen LogP contribution in [0.15, 0.2) is 36.4 Å². The number of rotatable bonds is 5. The van der Waals surface area contributed by atoms with Crippen LogP contribution >= 0.6 is 0 Å². The first-order valence-electron chi connectivity index (χ1n) is 8.39. The first kappa shape index (κ1) is 17.1. The third kappa shape index (κ3) is 4.05. The van der Waals surface area contributed by atoms with Gasteiger partial charge in [-0.3, -0.25) is 4.79 Å². The zero-order valence-electron chi connectivity index (χ0n) is 14.8. The number of carbonyl (C=O) groups excluding carboxylic acids is 1. The van der Waals surface area contributed by atoms with Crippen LogP contribution in [0.5, 0.6) is 17.2 Å². The maximum absolute atomic E-state index is 12.4. The van der Waals surface area contributed by atoms with Crippen molar-refractivity contribution in [2.75, 3.05) is 20.3 Å². The van der Waals surface area contributed by atoms with Crippen molar-refractivity contribution in [3.8, 4) is 17.2 Å². The van der Waals surface area contributed by atoms with Crippen molar-refractivity contribution in [3.05, 3.63) is 53.1 Å².